The molecule has 4 N–H and O–H groups in total. The van der Waals surface area contributed by atoms with Gasteiger partial charge >= 0.3 is 5.69 Å². The molecule has 0 atom stereocenters. The molecule has 0 unspecified atom stereocenters. The Hall–Kier alpha value is -4.07. The van der Waals surface area contributed by atoms with Crippen molar-refractivity contribution in [2.45, 2.75) is 45.6 Å². The first kappa shape index (κ1) is 24.1. The number of nitrogens with one attached hydrogen (secondary N) is 2. The van der Waals surface area contributed by atoms with Crippen molar-refractivity contribution in [1.29, 1.82) is 0 Å². The highest BCUT2D eigenvalue weighted by Crippen LogP contribution is 2.22. The van der Waals surface area contributed by atoms with Crippen molar-refractivity contribution in [3.05, 3.63) is 92.8 Å². The lowest BCUT2D eigenvalue weighted by Crippen LogP contribution is -2.41. The van der Waals surface area contributed by atoms with Crippen LogP contribution in [0, 0.1) is 0 Å². The van der Waals surface area contributed by atoms with Crippen LogP contribution in [0.15, 0.2) is 70.4 Å². The Labute approximate surface area is 203 Å². The average molecular weight is 474 g/mol. The minimum absolute atomic E-state index is 0.00341. The number of carbonyl (C=O) groups is 1. The molecule has 35 heavy (non-hydrogen) atoms. The molecular weight excluding hydrogens is 442 g/mol. The van der Waals surface area contributed by atoms with Gasteiger partial charge in [-0.05, 0) is 36.5 Å². The largest absolute Gasteiger partial charge is 0.383 e. The molecule has 2 aromatic carbocycles. The highest BCUT2D eigenvalue weighted by Gasteiger charge is 2.24. The first-order chi connectivity index (χ1) is 17.0. The van der Waals surface area contributed by atoms with Gasteiger partial charge in [0, 0.05) is 30.1 Å². The summed E-state index contributed by atoms with van der Waals surface area (Å²) in [6, 6.07) is 17.4. The Bertz CT molecular complexity index is 1420. The zero-order valence-corrected chi connectivity index (χ0v) is 19.9. The third-order valence-electron chi connectivity index (χ3n) is 6.22. The normalized spacial score (nSPS) is 11.1. The summed E-state index contributed by atoms with van der Waals surface area (Å²) in [5, 5.41) is 1.15. The third kappa shape index (κ3) is 5.37. The van der Waals surface area contributed by atoms with Gasteiger partial charge in [0.25, 0.3) is 5.56 Å². The molecule has 0 aliphatic carbocycles. The minimum Gasteiger partial charge on any atom is -0.383 e. The van der Waals surface area contributed by atoms with E-state index in [0.717, 1.165) is 34.9 Å². The van der Waals surface area contributed by atoms with Gasteiger partial charge in [-0.3, -0.25) is 19.1 Å². The number of unbranched alkanes of at least 4 members (excludes halogenated alkanes) is 1. The number of benzene rings is 2. The Morgan fingerprint density at radius 3 is 2.54 bits per heavy atom. The Morgan fingerprint density at radius 2 is 1.77 bits per heavy atom. The number of aryl methyl sites for hydroxylation is 1. The number of nitrogens with two attached hydrogens (primary N) is 1. The highest BCUT2D eigenvalue weighted by molar-refractivity contribution is 5.95. The van der Waals surface area contributed by atoms with E-state index in [9.17, 15) is 14.4 Å². The molecular formula is C27H31N5O3. The average Bonchev–Trinajstić information content (AvgIpc) is 3.27. The molecule has 0 radical (unpaired) electrons. The van der Waals surface area contributed by atoms with Gasteiger partial charge in [-0.25, -0.2) is 4.79 Å². The van der Waals surface area contributed by atoms with E-state index in [1.807, 2.05) is 61.7 Å². The number of amides is 1. The summed E-state index contributed by atoms with van der Waals surface area (Å²) >= 11 is 0. The van der Waals surface area contributed by atoms with Gasteiger partial charge in [0.15, 0.2) is 5.69 Å². The Balaban J connectivity index is 1.57. The van der Waals surface area contributed by atoms with E-state index in [0.29, 0.717) is 19.4 Å². The van der Waals surface area contributed by atoms with E-state index in [2.05, 4.69) is 16.0 Å². The maximum absolute atomic E-state index is 13.3. The third-order valence-corrected chi connectivity index (χ3v) is 6.22. The van der Waals surface area contributed by atoms with Gasteiger partial charge in [-0.1, -0.05) is 61.9 Å². The van der Waals surface area contributed by atoms with E-state index in [4.69, 9.17) is 5.73 Å². The van der Waals surface area contributed by atoms with Crippen LogP contribution < -0.4 is 21.9 Å². The summed E-state index contributed by atoms with van der Waals surface area (Å²) in [4.78, 5) is 45.8. The quantitative estimate of drug-likeness (QED) is 0.325. The number of hydrogen-bond donors (Lipinski definition) is 3. The van der Waals surface area contributed by atoms with Crippen molar-refractivity contribution in [2.75, 3.05) is 17.2 Å². The first-order valence-corrected chi connectivity index (χ1v) is 12.0. The summed E-state index contributed by atoms with van der Waals surface area (Å²) in [6.45, 7) is 2.58. The van der Waals surface area contributed by atoms with Crippen molar-refractivity contribution in [1.82, 2.24) is 14.5 Å². The molecule has 0 fully saturated rings. The van der Waals surface area contributed by atoms with Gasteiger partial charge in [0.2, 0.25) is 5.91 Å². The fourth-order valence-corrected chi connectivity index (χ4v) is 4.34. The number of H-pyrrole nitrogens is 2. The van der Waals surface area contributed by atoms with Gasteiger partial charge in [0.05, 0.1) is 6.54 Å². The smallest absolute Gasteiger partial charge is 0.330 e. The van der Waals surface area contributed by atoms with E-state index in [1.165, 1.54) is 9.47 Å². The van der Waals surface area contributed by atoms with Crippen LogP contribution in [0.3, 0.4) is 0 Å². The number of fused-ring (bicyclic) bond motifs is 1. The zero-order valence-electron chi connectivity index (χ0n) is 19.9. The first-order valence-electron chi connectivity index (χ1n) is 12.0. The molecule has 0 saturated carbocycles. The predicted molar refractivity (Wildman–Crippen MR) is 140 cm³/mol. The molecule has 4 rings (SSSR count). The monoisotopic (exact) mass is 473 g/mol. The summed E-state index contributed by atoms with van der Waals surface area (Å²) in [7, 11) is 0. The summed E-state index contributed by atoms with van der Waals surface area (Å²) in [5.41, 5.74) is 8.26. The number of anilines is 2. The molecule has 182 valence electrons. The molecule has 8 nitrogen and oxygen atoms in total. The second kappa shape index (κ2) is 10.9. The van der Waals surface area contributed by atoms with Gasteiger partial charge in [0.1, 0.15) is 5.82 Å². The molecule has 2 aromatic heterocycles. The van der Waals surface area contributed by atoms with Crippen molar-refractivity contribution < 1.29 is 4.79 Å². The zero-order chi connectivity index (χ0) is 24.8. The van der Waals surface area contributed by atoms with E-state index in [1.54, 1.807) is 0 Å². The predicted octanol–water partition coefficient (Wildman–Crippen LogP) is 3.80. The summed E-state index contributed by atoms with van der Waals surface area (Å²) in [5.74, 6) is -0.177. The van der Waals surface area contributed by atoms with E-state index in [-0.39, 0.29) is 30.4 Å². The van der Waals surface area contributed by atoms with Crippen molar-refractivity contribution >= 4 is 28.3 Å². The van der Waals surface area contributed by atoms with Crippen LogP contribution in [0.25, 0.3) is 10.9 Å². The number of para-hydroxylation sites is 1. The molecule has 2 heterocycles. The standard InChI is InChI=1S/C27H31N5O3/c1-2-3-16-31(23(33)15-9-12-20-17-29-22-14-8-7-13-21(20)22)24-25(28)32(27(35)30-26(24)34)18-19-10-5-4-6-11-19/h4-8,10-11,13-14,17,29H,2-3,9,12,15-16,18,28H2,1H3,(H,30,34,35). The molecule has 1 amide bonds. The second-order valence-corrected chi connectivity index (χ2v) is 8.68. The molecule has 0 spiro atoms. The number of aromatic nitrogens is 3. The molecule has 0 saturated heterocycles. The second-order valence-electron chi connectivity index (χ2n) is 8.68. The van der Waals surface area contributed by atoms with Crippen LogP contribution in [0.1, 0.15) is 43.7 Å². The Kier molecular flexibility index (Phi) is 7.50. The fourth-order valence-electron chi connectivity index (χ4n) is 4.34. The van der Waals surface area contributed by atoms with Crippen LogP contribution >= 0.6 is 0 Å². The van der Waals surface area contributed by atoms with Crippen LogP contribution in [-0.4, -0.2) is 27.0 Å². The van der Waals surface area contributed by atoms with Crippen LogP contribution in [-0.2, 0) is 17.8 Å². The molecule has 0 aliphatic rings. The maximum Gasteiger partial charge on any atom is 0.330 e. The lowest BCUT2D eigenvalue weighted by atomic mass is 10.1. The van der Waals surface area contributed by atoms with Crippen LogP contribution in [0.4, 0.5) is 11.5 Å². The van der Waals surface area contributed by atoms with Gasteiger partial charge in [-0.2, -0.15) is 0 Å². The molecule has 0 aliphatic heterocycles. The summed E-state index contributed by atoms with van der Waals surface area (Å²) < 4.78 is 1.31. The number of rotatable bonds is 10. The van der Waals surface area contributed by atoms with Crippen LogP contribution in [0.5, 0.6) is 0 Å². The number of hydrogen-bond acceptors (Lipinski definition) is 4. The van der Waals surface area contributed by atoms with Crippen molar-refractivity contribution in [2.24, 2.45) is 0 Å². The number of aromatic amines is 2. The highest BCUT2D eigenvalue weighted by atomic mass is 16.2. The fraction of sp³-hybridized carbons (Fsp3) is 0.296. The van der Waals surface area contributed by atoms with Gasteiger partial charge < -0.3 is 15.6 Å². The van der Waals surface area contributed by atoms with Gasteiger partial charge in [-0.15, -0.1) is 0 Å². The Morgan fingerprint density at radius 1 is 1.03 bits per heavy atom. The summed E-state index contributed by atoms with van der Waals surface area (Å²) in [6.07, 6.45) is 5.17. The lowest BCUT2D eigenvalue weighted by molar-refractivity contribution is -0.118. The van der Waals surface area contributed by atoms with Crippen LogP contribution in [0.2, 0.25) is 0 Å². The molecule has 8 heteroatoms. The lowest BCUT2D eigenvalue weighted by Gasteiger charge is -2.24. The topological polar surface area (TPSA) is 117 Å². The minimum atomic E-state index is -0.641. The molecule has 4 aromatic rings. The van der Waals surface area contributed by atoms with Crippen molar-refractivity contribution in [3.8, 4) is 0 Å². The number of nitrogens with zero attached hydrogens (tertiary/aromatic N) is 2. The van der Waals surface area contributed by atoms with E-state index < -0.39 is 11.2 Å². The SMILES string of the molecule is CCCCN(C(=O)CCCc1c[nH]c2ccccc12)c1c(N)n(Cc2ccccc2)c(=O)[nH]c1=O. The molecule has 0 bridgehead atoms. The number of carbonyl (C=O) groups excluding carboxylic acids is 1. The van der Waals surface area contributed by atoms with E-state index >= 15 is 0 Å². The number of nitrogen functional groups attached to an aromatic ring is 1. The maximum atomic E-state index is 13.3. The van der Waals surface area contributed by atoms with Crippen molar-refractivity contribution in [3.63, 3.8) is 0 Å².